The fourth-order valence-corrected chi connectivity index (χ4v) is 4.96. The van der Waals surface area contributed by atoms with E-state index in [1.54, 1.807) is 0 Å². The van der Waals surface area contributed by atoms with Gasteiger partial charge in [0, 0.05) is 0 Å². The molecule has 0 spiro atoms. The first-order chi connectivity index (χ1) is 15.2. The Labute approximate surface area is 196 Å². The first-order valence-electron chi connectivity index (χ1n) is 14.4. The highest BCUT2D eigenvalue weighted by atomic mass is 16.4. The van der Waals surface area contributed by atoms with E-state index in [0.29, 0.717) is 5.92 Å². The molecule has 0 aliphatic rings. The average Bonchev–Trinajstić information content (AvgIpc) is 2.76. The van der Waals surface area contributed by atoms with Crippen LogP contribution >= 0.6 is 0 Å². The molecule has 0 aliphatic carbocycles. The molecule has 2 nitrogen and oxygen atoms in total. The van der Waals surface area contributed by atoms with Crippen molar-refractivity contribution >= 4 is 5.97 Å². The van der Waals surface area contributed by atoms with Crippen LogP contribution in [-0.2, 0) is 9.90 Å². The summed E-state index contributed by atoms with van der Waals surface area (Å²) in [6, 6.07) is 0. The van der Waals surface area contributed by atoms with Crippen LogP contribution < -0.4 is 0 Å². The van der Waals surface area contributed by atoms with Gasteiger partial charge in [-0.2, -0.15) is 0 Å². The van der Waals surface area contributed by atoms with Crippen molar-refractivity contribution in [2.75, 3.05) is 0 Å². The largest absolute Gasteiger partial charge is 0.358 e. The topological polar surface area (TPSA) is 37.0 Å². The van der Waals surface area contributed by atoms with Gasteiger partial charge in [-0.3, -0.25) is 0 Å². The molecule has 31 heavy (non-hydrogen) atoms. The minimum atomic E-state index is -0.773. The molecule has 0 N–H and O–H groups in total. The third kappa shape index (κ3) is 19.9. The maximum Gasteiger partial charge on any atom is 0.358 e. The molecule has 1 atom stereocenters. The lowest BCUT2D eigenvalue weighted by Gasteiger charge is -2.23. The maximum atomic E-state index is 12.0. The van der Waals surface area contributed by atoms with Crippen molar-refractivity contribution in [2.24, 2.45) is 11.8 Å². The Morgan fingerprint density at radius 2 is 0.742 bits per heavy atom. The fraction of sp³-hybridized carbons (Fsp3) is 0.966. The van der Waals surface area contributed by atoms with Crippen molar-refractivity contribution in [3.05, 3.63) is 0 Å². The molecule has 0 amide bonds. The molecule has 0 fully saturated rings. The van der Waals surface area contributed by atoms with Crippen molar-refractivity contribution in [1.29, 1.82) is 0 Å². The number of rotatable bonds is 25. The second kappa shape index (κ2) is 24.1. The first kappa shape index (κ1) is 30.5. The monoisotopic (exact) mass is 437 g/mol. The molecule has 185 valence electrons. The number of carbonyl (C=O) groups is 1. The summed E-state index contributed by atoms with van der Waals surface area (Å²) in [4.78, 5) is 12.0. The summed E-state index contributed by atoms with van der Waals surface area (Å²) in [5.41, 5.74) is 0. The third-order valence-electron chi connectivity index (χ3n) is 7.10. The first-order valence-corrected chi connectivity index (χ1v) is 14.4. The minimum absolute atomic E-state index is 0.216. The Bertz CT molecular complexity index is 350. The summed E-state index contributed by atoms with van der Waals surface area (Å²) in [7, 11) is 0. The highest BCUT2D eigenvalue weighted by molar-refractivity contribution is 5.69. The van der Waals surface area contributed by atoms with Crippen LogP contribution in [0.1, 0.15) is 168 Å². The van der Waals surface area contributed by atoms with Crippen LogP contribution in [0.2, 0.25) is 0 Å². The van der Waals surface area contributed by atoms with Crippen molar-refractivity contribution in [3.8, 4) is 0 Å². The van der Waals surface area contributed by atoms with Crippen LogP contribution in [0.3, 0.4) is 0 Å². The van der Waals surface area contributed by atoms with E-state index >= 15 is 0 Å². The zero-order chi connectivity index (χ0) is 23.0. The molecule has 0 aliphatic heterocycles. The molecule has 0 aromatic rings. The molecule has 1 radical (unpaired) electrons. The third-order valence-corrected chi connectivity index (χ3v) is 7.10. The van der Waals surface area contributed by atoms with Gasteiger partial charge in [0.1, 0.15) is 0 Å². The summed E-state index contributed by atoms with van der Waals surface area (Å²) in [5, 5.41) is 12.0. The van der Waals surface area contributed by atoms with E-state index in [1.165, 1.54) is 122 Å². The Balaban J connectivity index is 4.36. The molecule has 0 saturated carbocycles. The summed E-state index contributed by atoms with van der Waals surface area (Å²) < 4.78 is 0. The highest BCUT2D eigenvalue weighted by Crippen LogP contribution is 2.30. The lowest BCUT2D eigenvalue weighted by atomic mass is 9.80. The van der Waals surface area contributed by atoms with E-state index in [4.69, 9.17) is 0 Å². The second-order valence-corrected chi connectivity index (χ2v) is 10.1. The van der Waals surface area contributed by atoms with Gasteiger partial charge in [-0.05, 0) is 25.2 Å². The molecule has 0 heterocycles. The quantitative estimate of drug-likeness (QED) is 0.131. The second-order valence-electron chi connectivity index (χ2n) is 10.1. The minimum Gasteiger partial charge on any atom is -0.247 e. The lowest BCUT2D eigenvalue weighted by Crippen LogP contribution is -2.23. The van der Waals surface area contributed by atoms with Gasteiger partial charge in [0.2, 0.25) is 0 Å². The highest BCUT2D eigenvalue weighted by Gasteiger charge is 2.28. The lowest BCUT2D eigenvalue weighted by molar-refractivity contribution is -0.150. The van der Waals surface area contributed by atoms with Gasteiger partial charge in [0.15, 0.2) is 0 Å². The Morgan fingerprint density at radius 1 is 0.452 bits per heavy atom. The predicted octanol–water partition coefficient (Wildman–Crippen LogP) is 10.2. The van der Waals surface area contributed by atoms with Gasteiger partial charge in [0.05, 0.1) is 5.92 Å². The van der Waals surface area contributed by atoms with Crippen molar-refractivity contribution < 1.29 is 9.90 Å². The van der Waals surface area contributed by atoms with Crippen LogP contribution in [0.4, 0.5) is 0 Å². The zero-order valence-corrected chi connectivity index (χ0v) is 21.7. The summed E-state index contributed by atoms with van der Waals surface area (Å²) in [5.74, 6) is -0.650. The van der Waals surface area contributed by atoms with Crippen molar-refractivity contribution in [1.82, 2.24) is 0 Å². The molecule has 0 aromatic carbocycles. The number of hydrogen-bond donors (Lipinski definition) is 0. The Kier molecular flexibility index (Phi) is 23.7. The maximum absolute atomic E-state index is 12.0. The van der Waals surface area contributed by atoms with E-state index in [1.807, 2.05) is 0 Å². The average molecular weight is 438 g/mol. The zero-order valence-electron chi connectivity index (χ0n) is 21.7. The van der Waals surface area contributed by atoms with Gasteiger partial charge in [-0.25, -0.2) is 9.90 Å². The number of hydrogen-bond acceptors (Lipinski definition) is 1. The SMILES string of the molecule is CCCCCCCCCCC(C([O])=O)C(CCCCCCCC)CCCCCCCC. The van der Waals surface area contributed by atoms with E-state index in [-0.39, 0.29) is 5.92 Å². The molecule has 0 rings (SSSR count). The fourth-order valence-electron chi connectivity index (χ4n) is 4.96. The standard InChI is InChI=1S/C29H57O2/c1-4-7-10-13-16-17-20-23-26-28(29(30)31)27(24-21-18-14-11-8-5-2)25-22-19-15-12-9-6-3/h27-28H,4-26H2,1-3H3. The Morgan fingerprint density at radius 3 is 1.06 bits per heavy atom. The molecule has 0 bridgehead atoms. The number of unbranched alkanes of at least 4 members (excludes halogenated alkanes) is 17. The van der Waals surface area contributed by atoms with Gasteiger partial charge < -0.3 is 0 Å². The van der Waals surface area contributed by atoms with Crippen molar-refractivity contribution in [2.45, 2.75) is 168 Å². The molecular weight excluding hydrogens is 380 g/mol. The molecule has 1 unspecified atom stereocenters. The van der Waals surface area contributed by atoms with E-state index in [9.17, 15) is 9.90 Å². The smallest absolute Gasteiger partial charge is 0.247 e. The van der Waals surface area contributed by atoms with E-state index in [2.05, 4.69) is 20.8 Å². The normalized spacial score (nSPS) is 12.5. The van der Waals surface area contributed by atoms with Crippen LogP contribution in [-0.4, -0.2) is 5.97 Å². The van der Waals surface area contributed by atoms with Gasteiger partial charge >= 0.3 is 5.97 Å². The molecule has 2 heteroatoms. The summed E-state index contributed by atoms with van der Waals surface area (Å²) >= 11 is 0. The summed E-state index contributed by atoms with van der Waals surface area (Å²) in [6.45, 7) is 6.77. The molecule has 0 aromatic heterocycles. The number of carbonyl (C=O) groups excluding carboxylic acids is 1. The van der Waals surface area contributed by atoms with Crippen molar-refractivity contribution in [3.63, 3.8) is 0 Å². The predicted molar refractivity (Wildman–Crippen MR) is 136 cm³/mol. The van der Waals surface area contributed by atoms with Crippen LogP contribution in [0.5, 0.6) is 0 Å². The van der Waals surface area contributed by atoms with E-state index < -0.39 is 5.97 Å². The van der Waals surface area contributed by atoms with Gasteiger partial charge in [0.25, 0.3) is 0 Å². The molecular formula is C29H57O2. The summed E-state index contributed by atoms with van der Waals surface area (Å²) in [6.07, 6.45) is 28.7. The van der Waals surface area contributed by atoms with Crippen LogP contribution in [0.25, 0.3) is 0 Å². The van der Waals surface area contributed by atoms with Crippen LogP contribution in [0, 0.1) is 11.8 Å². The molecule has 0 saturated heterocycles. The van der Waals surface area contributed by atoms with Gasteiger partial charge in [-0.1, -0.05) is 149 Å². The van der Waals surface area contributed by atoms with E-state index in [0.717, 1.165) is 25.7 Å². The Hall–Kier alpha value is -0.530. The van der Waals surface area contributed by atoms with Crippen LogP contribution in [0.15, 0.2) is 0 Å². The van der Waals surface area contributed by atoms with Gasteiger partial charge in [-0.15, -0.1) is 0 Å².